The minimum atomic E-state index is -0.406. The summed E-state index contributed by atoms with van der Waals surface area (Å²) in [5.41, 5.74) is 2.16. The van der Waals surface area contributed by atoms with Gasteiger partial charge in [-0.2, -0.15) is 10.2 Å². The molecule has 2 N–H and O–H groups in total. The van der Waals surface area contributed by atoms with Crippen LogP contribution in [0.2, 0.25) is 0 Å². The Bertz CT molecular complexity index is 905. The predicted molar refractivity (Wildman–Crippen MR) is 93.2 cm³/mol. The van der Waals surface area contributed by atoms with E-state index in [0.29, 0.717) is 17.5 Å². The Morgan fingerprint density at radius 3 is 2.56 bits per heavy atom. The van der Waals surface area contributed by atoms with Crippen LogP contribution in [0.3, 0.4) is 0 Å². The highest BCUT2D eigenvalue weighted by Gasteiger charge is 2.18. The first-order chi connectivity index (χ1) is 11.9. The number of benzene rings is 1. The van der Waals surface area contributed by atoms with E-state index in [4.69, 9.17) is 4.42 Å². The van der Waals surface area contributed by atoms with Gasteiger partial charge in [-0.3, -0.25) is 0 Å². The lowest BCUT2D eigenvalue weighted by Crippen LogP contribution is -2.31. The average molecular weight is 340 g/mol. The SMILES string of the molecule is Cc1cc2c(NC(=O)N[C@H](C)c3nnc(C(C)C)o3)cccc2nn1. The van der Waals surface area contributed by atoms with Crippen LogP contribution >= 0.6 is 0 Å². The van der Waals surface area contributed by atoms with Crippen molar-refractivity contribution in [2.75, 3.05) is 5.32 Å². The van der Waals surface area contributed by atoms with E-state index in [2.05, 4.69) is 31.0 Å². The fourth-order valence-electron chi connectivity index (χ4n) is 2.34. The molecule has 25 heavy (non-hydrogen) atoms. The molecule has 0 saturated carbocycles. The van der Waals surface area contributed by atoms with Gasteiger partial charge in [0, 0.05) is 11.3 Å². The predicted octanol–water partition coefficient (Wildman–Crippen LogP) is 3.33. The molecule has 2 heterocycles. The minimum Gasteiger partial charge on any atom is -0.423 e. The molecule has 3 rings (SSSR count). The lowest BCUT2D eigenvalue weighted by molar-refractivity contribution is 0.247. The summed E-state index contributed by atoms with van der Waals surface area (Å²) >= 11 is 0. The molecule has 0 aliphatic carbocycles. The van der Waals surface area contributed by atoms with Crippen molar-refractivity contribution in [1.29, 1.82) is 0 Å². The van der Waals surface area contributed by atoms with E-state index in [-0.39, 0.29) is 11.9 Å². The van der Waals surface area contributed by atoms with Crippen molar-refractivity contribution in [2.24, 2.45) is 0 Å². The summed E-state index contributed by atoms with van der Waals surface area (Å²) in [6, 6.07) is 6.60. The number of aryl methyl sites for hydroxylation is 1. The number of hydrogen-bond acceptors (Lipinski definition) is 6. The molecule has 0 radical (unpaired) electrons. The van der Waals surface area contributed by atoms with Gasteiger partial charge in [-0.15, -0.1) is 10.2 Å². The van der Waals surface area contributed by atoms with Crippen LogP contribution in [0.25, 0.3) is 10.9 Å². The number of rotatable bonds is 4. The first kappa shape index (κ1) is 16.8. The van der Waals surface area contributed by atoms with Gasteiger partial charge in [0.15, 0.2) is 0 Å². The van der Waals surface area contributed by atoms with Gasteiger partial charge in [-0.05, 0) is 32.0 Å². The van der Waals surface area contributed by atoms with Crippen LogP contribution in [0.5, 0.6) is 0 Å². The molecule has 0 aliphatic rings. The summed E-state index contributed by atoms with van der Waals surface area (Å²) in [5.74, 6) is 1.06. The second-order valence-electron chi connectivity index (χ2n) is 6.18. The van der Waals surface area contributed by atoms with Gasteiger partial charge >= 0.3 is 6.03 Å². The van der Waals surface area contributed by atoms with Crippen molar-refractivity contribution < 1.29 is 9.21 Å². The second kappa shape index (κ2) is 6.84. The monoisotopic (exact) mass is 340 g/mol. The van der Waals surface area contributed by atoms with Crippen LogP contribution in [0.15, 0.2) is 28.7 Å². The van der Waals surface area contributed by atoms with Crippen LogP contribution in [-0.4, -0.2) is 26.4 Å². The maximum atomic E-state index is 12.3. The van der Waals surface area contributed by atoms with Gasteiger partial charge in [0.05, 0.1) is 16.9 Å². The molecule has 3 aromatic rings. The molecular formula is C17H20N6O2. The number of fused-ring (bicyclic) bond motifs is 1. The van der Waals surface area contributed by atoms with E-state index in [1.165, 1.54) is 0 Å². The Morgan fingerprint density at radius 2 is 1.84 bits per heavy atom. The Kier molecular flexibility index (Phi) is 4.60. The number of carbonyl (C=O) groups is 1. The highest BCUT2D eigenvalue weighted by molar-refractivity contribution is 6.00. The Hall–Kier alpha value is -3.03. The topological polar surface area (TPSA) is 106 Å². The van der Waals surface area contributed by atoms with E-state index >= 15 is 0 Å². The first-order valence-electron chi connectivity index (χ1n) is 8.08. The van der Waals surface area contributed by atoms with Gasteiger partial charge in [-0.25, -0.2) is 4.79 Å². The highest BCUT2D eigenvalue weighted by atomic mass is 16.4. The molecule has 0 fully saturated rings. The molecule has 2 aromatic heterocycles. The van der Waals surface area contributed by atoms with Crippen molar-refractivity contribution in [3.63, 3.8) is 0 Å². The number of nitrogens with one attached hydrogen (secondary N) is 2. The van der Waals surface area contributed by atoms with Gasteiger partial charge in [0.1, 0.15) is 6.04 Å². The van der Waals surface area contributed by atoms with Crippen LogP contribution < -0.4 is 10.6 Å². The maximum absolute atomic E-state index is 12.3. The third-order valence-electron chi connectivity index (χ3n) is 3.67. The highest BCUT2D eigenvalue weighted by Crippen LogP contribution is 2.22. The van der Waals surface area contributed by atoms with E-state index in [0.717, 1.165) is 16.6 Å². The summed E-state index contributed by atoms with van der Waals surface area (Å²) < 4.78 is 5.56. The fourth-order valence-corrected chi connectivity index (χ4v) is 2.34. The largest absolute Gasteiger partial charge is 0.423 e. The zero-order chi connectivity index (χ0) is 18.0. The van der Waals surface area contributed by atoms with Crippen LogP contribution in [0.4, 0.5) is 10.5 Å². The molecule has 0 bridgehead atoms. The summed E-state index contributed by atoms with van der Waals surface area (Å²) in [4.78, 5) is 12.3. The van der Waals surface area contributed by atoms with Gasteiger partial charge in [0.2, 0.25) is 11.8 Å². The van der Waals surface area contributed by atoms with Crippen LogP contribution in [-0.2, 0) is 0 Å². The van der Waals surface area contributed by atoms with Crippen molar-refractivity contribution in [1.82, 2.24) is 25.7 Å². The molecule has 1 atom stereocenters. The normalized spacial score (nSPS) is 12.4. The van der Waals surface area contributed by atoms with E-state index < -0.39 is 6.04 Å². The maximum Gasteiger partial charge on any atom is 0.319 e. The fraction of sp³-hybridized carbons (Fsp3) is 0.353. The number of nitrogens with zero attached hydrogens (tertiary/aromatic N) is 4. The molecule has 8 nitrogen and oxygen atoms in total. The van der Waals surface area contributed by atoms with Crippen molar-refractivity contribution in [2.45, 2.75) is 39.7 Å². The number of carbonyl (C=O) groups excluding carboxylic acids is 1. The summed E-state index contributed by atoms with van der Waals surface area (Å²) in [6.45, 7) is 7.57. The molecule has 0 aliphatic heterocycles. The molecule has 0 spiro atoms. The van der Waals surface area contributed by atoms with E-state index in [1.807, 2.05) is 45.0 Å². The number of urea groups is 1. The first-order valence-corrected chi connectivity index (χ1v) is 8.08. The van der Waals surface area contributed by atoms with E-state index in [9.17, 15) is 4.79 Å². The van der Waals surface area contributed by atoms with Crippen molar-refractivity contribution in [3.05, 3.63) is 41.7 Å². The molecule has 8 heteroatoms. The van der Waals surface area contributed by atoms with Crippen LogP contribution in [0, 0.1) is 6.92 Å². The average Bonchev–Trinajstić information content (AvgIpc) is 3.06. The molecule has 0 saturated heterocycles. The number of amides is 2. The third kappa shape index (κ3) is 3.73. The number of anilines is 1. The molecule has 2 amide bonds. The smallest absolute Gasteiger partial charge is 0.319 e. The summed E-state index contributed by atoms with van der Waals surface area (Å²) in [6.07, 6.45) is 0. The zero-order valence-corrected chi connectivity index (χ0v) is 14.6. The number of hydrogen-bond donors (Lipinski definition) is 2. The minimum absolute atomic E-state index is 0.141. The third-order valence-corrected chi connectivity index (χ3v) is 3.67. The molecule has 130 valence electrons. The van der Waals surface area contributed by atoms with E-state index in [1.54, 1.807) is 6.92 Å². The van der Waals surface area contributed by atoms with Crippen molar-refractivity contribution in [3.8, 4) is 0 Å². The Morgan fingerprint density at radius 1 is 1.08 bits per heavy atom. The molecular weight excluding hydrogens is 320 g/mol. The van der Waals surface area contributed by atoms with Gasteiger partial charge < -0.3 is 15.1 Å². The summed E-state index contributed by atoms with van der Waals surface area (Å²) in [7, 11) is 0. The van der Waals surface area contributed by atoms with Gasteiger partial charge in [0.25, 0.3) is 0 Å². The Balaban J connectivity index is 1.73. The van der Waals surface area contributed by atoms with Crippen molar-refractivity contribution >= 4 is 22.6 Å². The zero-order valence-electron chi connectivity index (χ0n) is 14.6. The second-order valence-corrected chi connectivity index (χ2v) is 6.18. The Labute approximate surface area is 145 Å². The standard InChI is InChI=1S/C17H20N6O2/c1-9(2)15-22-23-16(25-15)11(4)18-17(24)19-13-6-5-7-14-12(13)8-10(3)20-21-14/h5-9,11H,1-4H3,(H2,18,19,24)/t11-/m1/s1. The molecule has 0 unspecified atom stereocenters. The van der Waals surface area contributed by atoms with Crippen LogP contribution in [0.1, 0.15) is 50.2 Å². The lowest BCUT2D eigenvalue weighted by Gasteiger charge is -2.12. The number of aromatic nitrogens is 4. The lowest BCUT2D eigenvalue weighted by atomic mass is 10.2. The van der Waals surface area contributed by atoms with Gasteiger partial charge in [-0.1, -0.05) is 19.9 Å². The molecule has 1 aromatic carbocycles. The summed E-state index contributed by atoms with van der Waals surface area (Å²) in [5, 5.41) is 22.6. The quantitative estimate of drug-likeness (QED) is 0.754.